The molecule has 5 heteroatoms. The molecule has 0 atom stereocenters. The van der Waals surface area contributed by atoms with E-state index in [0.29, 0.717) is 18.9 Å². The Bertz CT molecular complexity index is 369. The molecular weight excluding hydrogens is 202 g/mol. The van der Waals surface area contributed by atoms with Crippen LogP contribution in [0.2, 0.25) is 0 Å². The lowest BCUT2D eigenvalue weighted by molar-refractivity contribution is 0.607. The molecule has 0 aromatic carbocycles. The van der Waals surface area contributed by atoms with E-state index in [-0.39, 0.29) is 5.95 Å². The normalized spacial score (nSPS) is 10.1. The number of rotatable bonds is 5. The van der Waals surface area contributed by atoms with Crippen molar-refractivity contribution >= 4 is 11.8 Å². The summed E-state index contributed by atoms with van der Waals surface area (Å²) in [5, 5.41) is 8.62. The van der Waals surface area contributed by atoms with E-state index in [2.05, 4.69) is 34.8 Å². The van der Waals surface area contributed by atoms with Crippen molar-refractivity contribution in [1.82, 2.24) is 9.97 Å². The minimum atomic E-state index is 0.267. The van der Waals surface area contributed by atoms with Gasteiger partial charge in [-0.15, -0.1) is 0 Å². The molecule has 0 saturated heterocycles. The summed E-state index contributed by atoms with van der Waals surface area (Å²) < 4.78 is 0. The zero-order valence-corrected chi connectivity index (χ0v) is 9.72. The van der Waals surface area contributed by atoms with Gasteiger partial charge in [-0.3, -0.25) is 0 Å². The van der Waals surface area contributed by atoms with Crippen molar-refractivity contribution in [2.75, 3.05) is 23.7 Å². The van der Waals surface area contributed by atoms with E-state index < -0.39 is 0 Å². The maximum atomic E-state index is 8.62. The fourth-order valence-electron chi connectivity index (χ4n) is 1.47. The molecule has 1 aromatic heterocycles. The first kappa shape index (κ1) is 12.2. The molecule has 16 heavy (non-hydrogen) atoms. The summed E-state index contributed by atoms with van der Waals surface area (Å²) in [5.74, 6) is 1.56. The van der Waals surface area contributed by atoms with Gasteiger partial charge in [0.15, 0.2) is 0 Å². The average molecular weight is 219 g/mol. The molecule has 0 aliphatic rings. The Kier molecular flexibility index (Phi) is 4.52. The van der Waals surface area contributed by atoms with Crippen LogP contribution in [0.4, 0.5) is 11.8 Å². The first-order chi connectivity index (χ1) is 7.63. The quantitative estimate of drug-likeness (QED) is 0.810. The zero-order valence-electron chi connectivity index (χ0n) is 9.72. The SMILES string of the molecule is CC(C)CN(CCC#N)c1ccnc(N)n1. The van der Waals surface area contributed by atoms with E-state index in [1.165, 1.54) is 0 Å². The molecule has 5 nitrogen and oxygen atoms in total. The largest absolute Gasteiger partial charge is 0.368 e. The summed E-state index contributed by atoms with van der Waals surface area (Å²) in [7, 11) is 0. The predicted molar refractivity (Wildman–Crippen MR) is 63.7 cm³/mol. The maximum absolute atomic E-state index is 8.62. The molecule has 86 valence electrons. The van der Waals surface area contributed by atoms with Gasteiger partial charge in [-0.1, -0.05) is 13.8 Å². The number of nitrogen functional groups attached to an aromatic ring is 1. The Balaban J connectivity index is 2.79. The molecule has 2 N–H and O–H groups in total. The average Bonchev–Trinajstić information content (AvgIpc) is 2.23. The molecule has 1 aromatic rings. The fraction of sp³-hybridized carbons (Fsp3) is 0.545. The van der Waals surface area contributed by atoms with Gasteiger partial charge in [0.05, 0.1) is 12.5 Å². The Hall–Kier alpha value is -1.83. The monoisotopic (exact) mass is 219 g/mol. The van der Waals surface area contributed by atoms with Crippen molar-refractivity contribution in [1.29, 1.82) is 5.26 Å². The molecule has 0 saturated carbocycles. The smallest absolute Gasteiger partial charge is 0.221 e. The van der Waals surface area contributed by atoms with Gasteiger partial charge in [0, 0.05) is 19.3 Å². The van der Waals surface area contributed by atoms with Crippen LogP contribution in [0.3, 0.4) is 0 Å². The number of hydrogen-bond donors (Lipinski definition) is 1. The molecule has 0 aliphatic heterocycles. The Labute approximate surface area is 95.9 Å². The molecule has 0 unspecified atom stereocenters. The van der Waals surface area contributed by atoms with E-state index in [4.69, 9.17) is 11.0 Å². The third-order valence-electron chi connectivity index (χ3n) is 2.06. The Morgan fingerprint density at radius 1 is 1.56 bits per heavy atom. The molecule has 0 fully saturated rings. The minimum Gasteiger partial charge on any atom is -0.368 e. The van der Waals surface area contributed by atoms with Crippen molar-refractivity contribution in [3.8, 4) is 6.07 Å². The second kappa shape index (κ2) is 5.91. The molecule has 1 heterocycles. The van der Waals surface area contributed by atoms with Crippen LogP contribution in [-0.4, -0.2) is 23.1 Å². The van der Waals surface area contributed by atoms with Gasteiger partial charge in [-0.05, 0) is 12.0 Å². The summed E-state index contributed by atoms with van der Waals surface area (Å²) in [6.07, 6.45) is 2.12. The number of nitrogens with two attached hydrogens (primary N) is 1. The highest BCUT2D eigenvalue weighted by molar-refractivity contribution is 5.40. The van der Waals surface area contributed by atoms with E-state index in [0.717, 1.165) is 12.4 Å². The first-order valence-corrected chi connectivity index (χ1v) is 5.34. The maximum Gasteiger partial charge on any atom is 0.221 e. The van der Waals surface area contributed by atoms with Crippen molar-refractivity contribution in [2.24, 2.45) is 5.92 Å². The standard InChI is InChI=1S/C11H17N5/c1-9(2)8-16(7-3-5-12)10-4-6-14-11(13)15-10/h4,6,9H,3,7-8H2,1-2H3,(H2,13,14,15). The van der Waals surface area contributed by atoms with E-state index in [9.17, 15) is 0 Å². The number of nitriles is 1. The van der Waals surface area contributed by atoms with E-state index in [1.807, 2.05) is 6.07 Å². The van der Waals surface area contributed by atoms with E-state index in [1.54, 1.807) is 6.20 Å². The molecule has 0 radical (unpaired) electrons. The van der Waals surface area contributed by atoms with Crippen LogP contribution in [-0.2, 0) is 0 Å². The second-order valence-corrected chi connectivity index (χ2v) is 4.02. The van der Waals surface area contributed by atoms with E-state index >= 15 is 0 Å². The molecular formula is C11H17N5. The number of aromatic nitrogens is 2. The first-order valence-electron chi connectivity index (χ1n) is 5.34. The lowest BCUT2D eigenvalue weighted by atomic mass is 10.2. The molecule has 0 spiro atoms. The molecule has 0 bridgehead atoms. The lowest BCUT2D eigenvalue weighted by Gasteiger charge is -2.24. The second-order valence-electron chi connectivity index (χ2n) is 4.02. The van der Waals surface area contributed by atoms with Crippen LogP contribution in [0.25, 0.3) is 0 Å². The molecule has 0 amide bonds. The van der Waals surface area contributed by atoms with Crippen molar-refractivity contribution in [3.05, 3.63) is 12.3 Å². The summed E-state index contributed by atoms with van der Waals surface area (Å²) in [4.78, 5) is 10.1. The van der Waals surface area contributed by atoms with Gasteiger partial charge in [0.2, 0.25) is 5.95 Å². The van der Waals surface area contributed by atoms with Crippen LogP contribution >= 0.6 is 0 Å². The van der Waals surface area contributed by atoms with Crippen LogP contribution in [0.1, 0.15) is 20.3 Å². The molecule has 1 rings (SSSR count). The Morgan fingerprint density at radius 2 is 2.31 bits per heavy atom. The van der Waals surface area contributed by atoms with Gasteiger partial charge in [-0.25, -0.2) is 4.98 Å². The van der Waals surface area contributed by atoms with Crippen LogP contribution in [0.15, 0.2) is 12.3 Å². The van der Waals surface area contributed by atoms with Crippen LogP contribution < -0.4 is 10.6 Å². The summed E-state index contributed by atoms with van der Waals surface area (Å²) in [6.45, 7) is 5.79. The third-order valence-corrected chi connectivity index (χ3v) is 2.06. The van der Waals surface area contributed by atoms with Crippen molar-refractivity contribution in [3.63, 3.8) is 0 Å². The number of anilines is 2. The minimum absolute atomic E-state index is 0.267. The summed E-state index contributed by atoms with van der Waals surface area (Å²) in [6, 6.07) is 3.96. The highest BCUT2D eigenvalue weighted by atomic mass is 15.2. The van der Waals surface area contributed by atoms with Gasteiger partial charge in [0.25, 0.3) is 0 Å². The Morgan fingerprint density at radius 3 is 2.88 bits per heavy atom. The fourth-order valence-corrected chi connectivity index (χ4v) is 1.47. The number of nitrogens with zero attached hydrogens (tertiary/aromatic N) is 4. The highest BCUT2D eigenvalue weighted by Gasteiger charge is 2.09. The van der Waals surface area contributed by atoms with Gasteiger partial charge in [-0.2, -0.15) is 10.2 Å². The van der Waals surface area contributed by atoms with Crippen LogP contribution in [0.5, 0.6) is 0 Å². The number of hydrogen-bond acceptors (Lipinski definition) is 5. The van der Waals surface area contributed by atoms with Crippen molar-refractivity contribution < 1.29 is 0 Å². The summed E-state index contributed by atoms with van der Waals surface area (Å²) in [5.41, 5.74) is 5.54. The van der Waals surface area contributed by atoms with Crippen molar-refractivity contribution in [2.45, 2.75) is 20.3 Å². The topological polar surface area (TPSA) is 78.8 Å². The zero-order chi connectivity index (χ0) is 12.0. The lowest BCUT2D eigenvalue weighted by Crippen LogP contribution is -2.29. The third kappa shape index (κ3) is 3.73. The summed E-state index contributed by atoms with van der Waals surface area (Å²) >= 11 is 0. The van der Waals surface area contributed by atoms with Gasteiger partial charge in [0.1, 0.15) is 5.82 Å². The van der Waals surface area contributed by atoms with Crippen LogP contribution in [0, 0.1) is 17.2 Å². The predicted octanol–water partition coefficient (Wildman–Crippen LogP) is 1.43. The molecule has 0 aliphatic carbocycles. The van der Waals surface area contributed by atoms with Gasteiger partial charge < -0.3 is 10.6 Å². The van der Waals surface area contributed by atoms with Gasteiger partial charge >= 0.3 is 0 Å². The highest BCUT2D eigenvalue weighted by Crippen LogP contribution is 2.13.